The molecule has 0 aliphatic carbocycles. The van der Waals surface area contributed by atoms with E-state index >= 15 is 0 Å². The summed E-state index contributed by atoms with van der Waals surface area (Å²) >= 11 is 0. The molecule has 1 aromatic carbocycles. The average molecular weight is 351 g/mol. The molecule has 0 radical (unpaired) electrons. The number of ether oxygens (including phenoxy) is 1. The molecular weight excluding hydrogens is 321 g/mol. The molecule has 1 amide bonds. The van der Waals surface area contributed by atoms with Crippen molar-refractivity contribution >= 4 is 11.9 Å². The van der Waals surface area contributed by atoms with E-state index in [9.17, 15) is 14.0 Å². The van der Waals surface area contributed by atoms with Gasteiger partial charge in [0.1, 0.15) is 11.9 Å². The summed E-state index contributed by atoms with van der Waals surface area (Å²) in [6.07, 6.45) is -1.05. The Balaban J connectivity index is 2.92. The third-order valence-corrected chi connectivity index (χ3v) is 4.21. The van der Waals surface area contributed by atoms with Gasteiger partial charge >= 0.3 is 6.09 Å². The number of amides is 1. The zero-order valence-electron chi connectivity index (χ0n) is 16.3. The number of hydrogen-bond donors (Lipinski definition) is 1. The Kier molecular flexibility index (Phi) is 6.75. The van der Waals surface area contributed by atoms with Gasteiger partial charge in [-0.2, -0.15) is 0 Å². The van der Waals surface area contributed by atoms with Crippen LogP contribution in [0.15, 0.2) is 24.3 Å². The molecule has 1 rings (SSSR count). The van der Waals surface area contributed by atoms with Crippen molar-refractivity contribution in [2.24, 2.45) is 11.3 Å². The first-order valence-corrected chi connectivity index (χ1v) is 8.57. The molecule has 4 nitrogen and oxygen atoms in total. The fourth-order valence-electron chi connectivity index (χ4n) is 2.29. The van der Waals surface area contributed by atoms with Gasteiger partial charge in [-0.1, -0.05) is 27.7 Å². The lowest BCUT2D eigenvalue weighted by molar-refractivity contribution is 0.0212. The minimum Gasteiger partial charge on any atom is -0.445 e. The molecule has 140 valence electrons. The van der Waals surface area contributed by atoms with Crippen LogP contribution in [-0.2, 0) is 4.74 Å². The van der Waals surface area contributed by atoms with Crippen molar-refractivity contribution in [3.05, 3.63) is 35.6 Å². The Bertz CT molecular complexity index is 597. The van der Waals surface area contributed by atoms with Crippen molar-refractivity contribution in [1.82, 2.24) is 5.32 Å². The molecule has 5 heteroatoms. The monoisotopic (exact) mass is 351 g/mol. The van der Waals surface area contributed by atoms with Gasteiger partial charge in [0.2, 0.25) is 0 Å². The molecule has 0 fully saturated rings. The van der Waals surface area contributed by atoms with Crippen LogP contribution in [0.5, 0.6) is 0 Å². The van der Waals surface area contributed by atoms with E-state index < -0.39 is 23.6 Å². The summed E-state index contributed by atoms with van der Waals surface area (Å²) in [6, 6.07) is 5.41. The second kappa shape index (κ2) is 7.98. The van der Waals surface area contributed by atoms with Crippen LogP contribution in [0.2, 0.25) is 0 Å². The predicted octanol–water partition coefficient (Wildman–Crippen LogP) is 4.97. The molecule has 0 aliphatic rings. The highest BCUT2D eigenvalue weighted by atomic mass is 19.1. The van der Waals surface area contributed by atoms with Crippen LogP contribution in [0.1, 0.15) is 65.2 Å². The Hall–Kier alpha value is -1.91. The highest BCUT2D eigenvalue weighted by molar-refractivity contribution is 5.96. The second-order valence-electron chi connectivity index (χ2n) is 8.61. The fourth-order valence-corrected chi connectivity index (χ4v) is 2.29. The van der Waals surface area contributed by atoms with Gasteiger partial charge in [0.05, 0.1) is 0 Å². The zero-order chi connectivity index (χ0) is 19.4. The molecule has 25 heavy (non-hydrogen) atoms. The molecule has 0 saturated carbocycles. The first kappa shape index (κ1) is 21.1. The maximum atomic E-state index is 13.0. The SMILES string of the molecule is CC([C@H](CC(=O)c1ccc(F)cc1)OC(=O)NC(C)(C)C)C(C)(C)C. The van der Waals surface area contributed by atoms with E-state index in [1.165, 1.54) is 24.3 Å². The third-order valence-electron chi connectivity index (χ3n) is 4.21. The quantitative estimate of drug-likeness (QED) is 0.762. The molecule has 0 bridgehead atoms. The van der Waals surface area contributed by atoms with Gasteiger partial charge in [-0.3, -0.25) is 4.79 Å². The van der Waals surface area contributed by atoms with E-state index in [1.54, 1.807) is 0 Å². The molecule has 0 spiro atoms. The number of carbonyl (C=O) groups excluding carboxylic acids is 2. The Morgan fingerprint density at radius 3 is 2.04 bits per heavy atom. The number of hydrogen-bond acceptors (Lipinski definition) is 3. The molecule has 0 aromatic heterocycles. The van der Waals surface area contributed by atoms with E-state index in [0.717, 1.165) is 0 Å². The van der Waals surface area contributed by atoms with Gasteiger partial charge in [0.15, 0.2) is 5.78 Å². The van der Waals surface area contributed by atoms with E-state index in [0.29, 0.717) is 5.56 Å². The minimum absolute atomic E-state index is 0.0392. The largest absolute Gasteiger partial charge is 0.445 e. The summed E-state index contributed by atoms with van der Waals surface area (Å²) in [5.74, 6) is -0.607. The molecule has 2 atom stereocenters. The van der Waals surface area contributed by atoms with E-state index in [4.69, 9.17) is 4.74 Å². The van der Waals surface area contributed by atoms with Crippen LogP contribution in [0.3, 0.4) is 0 Å². The lowest BCUT2D eigenvalue weighted by Gasteiger charge is -2.34. The maximum absolute atomic E-state index is 13.0. The van der Waals surface area contributed by atoms with Crippen LogP contribution in [0.4, 0.5) is 9.18 Å². The van der Waals surface area contributed by atoms with Crippen molar-refractivity contribution in [3.63, 3.8) is 0 Å². The van der Waals surface area contributed by atoms with Crippen molar-refractivity contribution < 1.29 is 18.7 Å². The first-order chi connectivity index (χ1) is 11.3. The van der Waals surface area contributed by atoms with E-state index in [-0.39, 0.29) is 23.5 Å². The van der Waals surface area contributed by atoms with Gasteiger partial charge in [-0.05, 0) is 56.4 Å². The summed E-state index contributed by atoms with van der Waals surface area (Å²) in [6.45, 7) is 13.7. The summed E-state index contributed by atoms with van der Waals surface area (Å²) in [5.41, 5.74) is -0.157. The van der Waals surface area contributed by atoms with E-state index in [1.807, 2.05) is 48.5 Å². The van der Waals surface area contributed by atoms with Crippen LogP contribution >= 0.6 is 0 Å². The smallest absolute Gasteiger partial charge is 0.407 e. The molecule has 1 N–H and O–H groups in total. The highest BCUT2D eigenvalue weighted by Gasteiger charge is 2.33. The van der Waals surface area contributed by atoms with Gasteiger partial charge in [0.25, 0.3) is 0 Å². The Morgan fingerprint density at radius 2 is 1.60 bits per heavy atom. The third kappa shape index (κ3) is 7.24. The molecule has 0 aliphatic heterocycles. The second-order valence-corrected chi connectivity index (χ2v) is 8.61. The number of rotatable bonds is 5. The number of Topliss-reactive ketones (excluding diaryl/α,β-unsaturated/α-hetero) is 1. The van der Waals surface area contributed by atoms with Crippen LogP contribution in [-0.4, -0.2) is 23.5 Å². The number of ketones is 1. The fraction of sp³-hybridized carbons (Fsp3) is 0.600. The standard InChI is InChI=1S/C20H30FNO3/c1-13(19(2,3)4)17(25-18(24)22-20(5,6)7)12-16(23)14-8-10-15(21)11-9-14/h8-11,13,17H,12H2,1-7H3,(H,22,24)/t13?,17-/m0/s1. The molecule has 1 aromatic rings. The minimum atomic E-state index is -0.570. The van der Waals surface area contributed by atoms with Gasteiger partial charge in [-0.25, -0.2) is 9.18 Å². The Morgan fingerprint density at radius 1 is 1.08 bits per heavy atom. The van der Waals surface area contributed by atoms with Gasteiger partial charge in [0, 0.05) is 17.5 Å². The van der Waals surface area contributed by atoms with Gasteiger partial charge < -0.3 is 10.1 Å². The van der Waals surface area contributed by atoms with Crippen molar-refractivity contribution in [1.29, 1.82) is 0 Å². The number of alkyl carbamates (subject to hydrolysis) is 1. The average Bonchev–Trinajstić information content (AvgIpc) is 2.43. The molecule has 0 heterocycles. The lowest BCUT2D eigenvalue weighted by atomic mass is 9.77. The van der Waals surface area contributed by atoms with Crippen molar-refractivity contribution in [3.8, 4) is 0 Å². The highest BCUT2D eigenvalue weighted by Crippen LogP contribution is 2.32. The van der Waals surface area contributed by atoms with Crippen LogP contribution < -0.4 is 5.32 Å². The van der Waals surface area contributed by atoms with Gasteiger partial charge in [-0.15, -0.1) is 0 Å². The number of benzene rings is 1. The number of halogens is 1. The van der Waals surface area contributed by atoms with Crippen molar-refractivity contribution in [2.75, 3.05) is 0 Å². The molecule has 0 saturated heterocycles. The summed E-state index contributed by atoms with van der Waals surface area (Å²) in [5, 5.41) is 2.75. The zero-order valence-corrected chi connectivity index (χ0v) is 16.3. The summed E-state index contributed by atoms with van der Waals surface area (Å²) < 4.78 is 18.6. The summed E-state index contributed by atoms with van der Waals surface area (Å²) in [4.78, 5) is 24.7. The normalized spacial score (nSPS) is 14.6. The predicted molar refractivity (Wildman–Crippen MR) is 97.1 cm³/mol. The van der Waals surface area contributed by atoms with Crippen LogP contribution in [0, 0.1) is 17.2 Å². The first-order valence-electron chi connectivity index (χ1n) is 8.57. The lowest BCUT2D eigenvalue weighted by Crippen LogP contribution is -2.44. The van der Waals surface area contributed by atoms with Crippen LogP contribution in [0.25, 0.3) is 0 Å². The molecular formula is C20H30FNO3. The number of nitrogens with one attached hydrogen (secondary N) is 1. The topological polar surface area (TPSA) is 55.4 Å². The molecule has 1 unspecified atom stereocenters. The Labute approximate surface area is 150 Å². The summed E-state index contributed by atoms with van der Waals surface area (Å²) in [7, 11) is 0. The van der Waals surface area contributed by atoms with E-state index in [2.05, 4.69) is 5.32 Å². The van der Waals surface area contributed by atoms with Crippen molar-refractivity contribution in [2.45, 2.75) is 66.5 Å². The number of carbonyl (C=O) groups is 2. The maximum Gasteiger partial charge on any atom is 0.407 e.